The SMILES string of the molecule is CC(C)OC(=O)C1CCN(C(=O)c2ccccn2)C1. The first-order chi connectivity index (χ1) is 9.08. The second kappa shape index (κ2) is 5.82. The lowest BCUT2D eigenvalue weighted by Crippen LogP contribution is -2.31. The maximum Gasteiger partial charge on any atom is 0.311 e. The molecule has 0 bridgehead atoms. The van der Waals surface area contributed by atoms with Gasteiger partial charge in [0.15, 0.2) is 0 Å². The molecule has 5 nitrogen and oxygen atoms in total. The Kier molecular flexibility index (Phi) is 4.14. The summed E-state index contributed by atoms with van der Waals surface area (Å²) in [5, 5.41) is 0. The number of esters is 1. The topological polar surface area (TPSA) is 59.5 Å². The van der Waals surface area contributed by atoms with Crippen molar-refractivity contribution in [3.05, 3.63) is 30.1 Å². The van der Waals surface area contributed by atoms with Gasteiger partial charge in [0.1, 0.15) is 5.69 Å². The highest BCUT2D eigenvalue weighted by Crippen LogP contribution is 2.20. The summed E-state index contributed by atoms with van der Waals surface area (Å²) in [4.78, 5) is 29.6. The normalized spacial score (nSPS) is 18.7. The standard InChI is InChI=1S/C14H18N2O3/c1-10(2)19-14(18)11-6-8-16(9-11)13(17)12-5-3-4-7-15-12/h3-5,7,10-11H,6,8-9H2,1-2H3. The van der Waals surface area contributed by atoms with Crippen LogP contribution >= 0.6 is 0 Å². The van der Waals surface area contributed by atoms with Crippen LogP contribution in [-0.2, 0) is 9.53 Å². The number of nitrogens with zero attached hydrogens (tertiary/aromatic N) is 2. The third-order valence-electron chi connectivity index (χ3n) is 3.04. The van der Waals surface area contributed by atoms with Gasteiger partial charge < -0.3 is 9.64 Å². The molecule has 19 heavy (non-hydrogen) atoms. The second-order valence-electron chi connectivity index (χ2n) is 4.94. The van der Waals surface area contributed by atoms with Crippen molar-refractivity contribution in [3.63, 3.8) is 0 Å². The minimum Gasteiger partial charge on any atom is -0.463 e. The van der Waals surface area contributed by atoms with Crippen molar-refractivity contribution in [2.75, 3.05) is 13.1 Å². The van der Waals surface area contributed by atoms with Crippen LogP contribution in [-0.4, -0.2) is 41.0 Å². The Bertz CT molecular complexity index is 459. The summed E-state index contributed by atoms with van der Waals surface area (Å²) >= 11 is 0. The van der Waals surface area contributed by atoms with Crippen LogP contribution in [0.15, 0.2) is 24.4 Å². The number of amides is 1. The van der Waals surface area contributed by atoms with Gasteiger partial charge in [-0.2, -0.15) is 0 Å². The van der Waals surface area contributed by atoms with Gasteiger partial charge in [-0.3, -0.25) is 14.6 Å². The van der Waals surface area contributed by atoms with E-state index in [-0.39, 0.29) is 23.9 Å². The van der Waals surface area contributed by atoms with Crippen molar-refractivity contribution in [1.82, 2.24) is 9.88 Å². The number of hydrogen-bond donors (Lipinski definition) is 0. The minimum absolute atomic E-state index is 0.118. The maximum absolute atomic E-state index is 12.1. The van der Waals surface area contributed by atoms with E-state index < -0.39 is 0 Å². The zero-order valence-corrected chi connectivity index (χ0v) is 11.2. The van der Waals surface area contributed by atoms with Crippen molar-refractivity contribution in [2.24, 2.45) is 5.92 Å². The monoisotopic (exact) mass is 262 g/mol. The fraction of sp³-hybridized carbons (Fsp3) is 0.500. The van der Waals surface area contributed by atoms with Crippen LogP contribution in [0.1, 0.15) is 30.8 Å². The molecule has 1 atom stereocenters. The molecular weight excluding hydrogens is 244 g/mol. The lowest BCUT2D eigenvalue weighted by atomic mass is 10.1. The summed E-state index contributed by atoms with van der Waals surface area (Å²) in [6.45, 7) is 4.64. The molecule has 0 spiro atoms. The second-order valence-corrected chi connectivity index (χ2v) is 4.94. The Hall–Kier alpha value is -1.91. The van der Waals surface area contributed by atoms with Crippen LogP contribution in [0.25, 0.3) is 0 Å². The van der Waals surface area contributed by atoms with Crippen LogP contribution < -0.4 is 0 Å². The Morgan fingerprint density at radius 2 is 2.21 bits per heavy atom. The quantitative estimate of drug-likeness (QED) is 0.774. The van der Waals surface area contributed by atoms with Crippen LogP contribution in [0.3, 0.4) is 0 Å². The number of carbonyl (C=O) groups excluding carboxylic acids is 2. The van der Waals surface area contributed by atoms with Gasteiger partial charge >= 0.3 is 5.97 Å². The highest BCUT2D eigenvalue weighted by molar-refractivity contribution is 5.92. The Morgan fingerprint density at radius 3 is 2.84 bits per heavy atom. The van der Waals surface area contributed by atoms with Crippen LogP contribution in [0, 0.1) is 5.92 Å². The minimum atomic E-state index is -0.216. The third-order valence-corrected chi connectivity index (χ3v) is 3.04. The van der Waals surface area contributed by atoms with E-state index in [1.54, 1.807) is 29.3 Å². The first-order valence-electron chi connectivity index (χ1n) is 6.48. The van der Waals surface area contributed by atoms with E-state index in [4.69, 9.17) is 4.74 Å². The lowest BCUT2D eigenvalue weighted by molar-refractivity contribution is -0.151. The molecule has 102 valence electrons. The van der Waals surface area contributed by atoms with Gasteiger partial charge in [-0.1, -0.05) is 6.07 Å². The molecule has 2 rings (SSSR count). The predicted octanol–water partition coefficient (Wildman–Crippen LogP) is 1.50. The van der Waals surface area contributed by atoms with Crippen molar-refractivity contribution < 1.29 is 14.3 Å². The average molecular weight is 262 g/mol. The molecule has 0 aromatic carbocycles. The van der Waals surface area contributed by atoms with Crippen molar-refractivity contribution in [2.45, 2.75) is 26.4 Å². The van der Waals surface area contributed by atoms with E-state index in [1.807, 2.05) is 13.8 Å². The molecule has 5 heteroatoms. The number of aromatic nitrogens is 1. The van der Waals surface area contributed by atoms with Crippen LogP contribution in [0.4, 0.5) is 0 Å². The fourth-order valence-electron chi connectivity index (χ4n) is 2.12. The summed E-state index contributed by atoms with van der Waals surface area (Å²) in [6, 6.07) is 5.23. The molecule has 0 saturated carbocycles. The number of carbonyl (C=O) groups is 2. The van der Waals surface area contributed by atoms with Gasteiger partial charge in [-0.05, 0) is 32.4 Å². The Morgan fingerprint density at radius 1 is 1.42 bits per heavy atom. The zero-order valence-electron chi connectivity index (χ0n) is 11.2. The van der Waals surface area contributed by atoms with Gasteiger partial charge in [0, 0.05) is 19.3 Å². The van der Waals surface area contributed by atoms with Crippen molar-refractivity contribution >= 4 is 11.9 Å². The van der Waals surface area contributed by atoms with E-state index in [2.05, 4.69) is 4.98 Å². The molecule has 0 N–H and O–H groups in total. The third kappa shape index (κ3) is 3.30. The first kappa shape index (κ1) is 13.5. The molecule has 0 aliphatic carbocycles. The molecule has 1 saturated heterocycles. The molecule has 1 amide bonds. The van der Waals surface area contributed by atoms with Crippen molar-refractivity contribution in [3.8, 4) is 0 Å². The number of ether oxygens (including phenoxy) is 1. The van der Waals surface area contributed by atoms with E-state index in [0.717, 1.165) is 0 Å². The smallest absolute Gasteiger partial charge is 0.311 e. The summed E-state index contributed by atoms with van der Waals surface area (Å²) < 4.78 is 5.18. The summed E-state index contributed by atoms with van der Waals surface area (Å²) in [5.74, 6) is -0.554. The summed E-state index contributed by atoms with van der Waals surface area (Å²) in [6.07, 6.45) is 2.13. The molecule has 1 aliphatic rings. The molecule has 1 aromatic rings. The number of likely N-dealkylation sites (tertiary alicyclic amines) is 1. The molecule has 1 aromatic heterocycles. The molecule has 2 heterocycles. The van der Waals surface area contributed by atoms with Crippen LogP contribution in [0.2, 0.25) is 0 Å². The molecular formula is C14H18N2O3. The zero-order chi connectivity index (χ0) is 13.8. The average Bonchev–Trinajstić information content (AvgIpc) is 2.88. The summed E-state index contributed by atoms with van der Waals surface area (Å²) in [5.41, 5.74) is 0.417. The highest BCUT2D eigenvalue weighted by atomic mass is 16.5. The van der Waals surface area contributed by atoms with Crippen molar-refractivity contribution in [1.29, 1.82) is 0 Å². The van der Waals surface area contributed by atoms with Gasteiger partial charge in [0.25, 0.3) is 5.91 Å². The molecule has 1 fully saturated rings. The number of hydrogen-bond acceptors (Lipinski definition) is 4. The lowest BCUT2D eigenvalue weighted by Gasteiger charge is -2.16. The van der Waals surface area contributed by atoms with Gasteiger partial charge in [0.05, 0.1) is 12.0 Å². The van der Waals surface area contributed by atoms with E-state index in [9.17, 15) is 9.59 Å². The number of rotatable bonds is 3. The number of pyridine rings is 1. The van der Waals surface area contributed by atoms with Gasteiger partial charge in [0.2, 0.25) is 0 Å². The highest BCUT2D eigenvalue weighted by Gasteiger charge is 2.33. The predicted molar refractivity (Wildman–Crippen MR) is 69.5 cm³/mol. The molecule has 1 unspecified atom stereocenters. The first-order valence-corrected chi connectivity index (χ1v) is 6.48. The van der Waals surface area contributed by atoms with Gasteiger partial charge in [-0.25, -0.2) is 0 Å². The maximum atomic E-state index is 12.1. The fourth-order valence-corrected chi connectivity index (χ4v) is 2.12. The summed E-state index contributed by atoms with van der Waals surface area (Å²) in [7, 11) is 0. The largest absolute Gasteiger partial charge is 0.463 e. The Labute approximate surface area is 112 Å². The van der Waals surface area contributed by atoms with E-state index >= 15 is 0 Å². The van der Waals surface area contributed by atoms with E-state index in [1.165, 1.54) is 0 Å². The van der Waals surface area contributed by atoms with E-state index in [0.29, 0.717) is 25.2 Å². The molecule has 0 radical (unpaired) electrons. The van der Waals surface area contributed by atoms with Crippen LogP contribution in [0.5, 0.6) is 0 Å². The molecule has 1 aliphatic heterocycles. The van der Waals surface area contributed by atoms with Gasteiger partial charge in [-0.15, -0.1) is 0 Å². The Balaban J connectivity index is 1.95.